The molecule has 1 saturated carbocycles. The van der Waals surface area contributed by atoms with Crippen LogP contribution in [0.4, 0.5) is 0 Å². The molecule has 3 aromatic rings. The van der Waals surface area contributed by atoms with Gasteiger partial charge in [0.15, 0.2) is 0 Å². The highest BCUT2D eigenvalue weighted by Crippen LogP contribution is 2.44. The van der Waals surface area contributed by atoms with Crippen LogP contribution >= 0.6 is 0 Å². The molecule has 10 nitrogen and oxygen atoms in total. The second-order valence-corrected chi connectivity index (χ2v) is 12.0. The number of methoxy groups -OCH3 is 1. The normalized spacial score (nSPS) is 14.4. The lowest BCUT2D eigenvalue weighted by atomic mass is 10.0. The molecule has 2 heterocycles. The number of carboxylic acids is 1. The van der Waals surface area contributed by atoms with Gasteiger partial charge in [0.25, 0.3) is 5.91 Å². The first-order valence-corrected chi connectivity index (χ1v) is 15.3. The maximum atomic E-state index is 13.0. The zero-order valence-electron chi connectivity index (χ0n) is 23.2. The van der Waals surface area contributed by atoms with Crippen LogP contribution in [0.25, 0.3) is 22.4 Å². The zero-order valence-corrected chi connectivity index (χ0v) is 24.0. The fourth-order valence-electron chi connectivity index (χ4n) is 4.84. The third-order valence-corrected chi connectivity index (χ3v) is 8.53. The number of aliphatic carboxylic acids is 1. The molecule has 40 heavy (non-hydrogen) atoms. The first-order chi connectivity index (χ1) is 19.2. The van der Waals surface area contributed by atoms with E-state index < -0.39 is 21.9 Å². The molecule has 3 N–H and O–H groups in total. The van der Waals surface area contributed by atoms with E-state index >= 15 is 0 Å². The van der Waals surface area contributed by atoms with E-state index in [1.54, 1.807) is 7.05 Å². The molecule has 0 unspecified atom stereocenters. The van der Waals surface area contributed by atoms with Crippen molar-refractivity contribution >= 4 is 33.0 Å². The molecule has 1 aromatic carbocycles. The van der Waals surface area contributed by atoms with Gasteiger partial charge >= 0.3 is 5.97 Å². The molecule has 0 saturated heterocycles. The van der Waals surface area contributed by atoms with Gasteiger partial charge in [-0.2, -0.15) is 0 Å². The fourth-order valence-corrected chi connectivity index (χ4v) is 5.99. The van der Waals surface area contributed by atoms with Gasteiger partial charge in [0, 0.05) is 26.3 Å². The van der Waals surface area contributed by atoms with Crippen molar-refractivity contribution in [2.24, 2.45) is 5.92 Å². The SMILES string of the molecule is CCc1ccc(-c2oc3nc(CS(=O)(=O)NCCCC[C@@H](COC)C(=O)O)c(C4CC4)cc3c2C(=O)NC)cc1. The Balaban J connectivity index is 1.56. The number of rotatable bonds is 15. The number of pyridine rings is 1. The second-order valence-electron chi connectivity index (χ2n) is 10.2. The minimum absolute atomic E-state index is 0.124. The van der Waals surface area contributed by atoms with Crippen molar-refractivity contribution in [1.29, 1.82) is 0 Å². The van der Waals surface area contributed by atoms with Crippen LogP contribution in [0.3, 0.4) is 0 Å². The van der Waals surface area contributed by atoms with E-state index in [9.17, 15) is 23.1 Å². The second kappa shape index (κ2) is 12.9. The van der Waals surface area contributed by atoms with Crippen molar-refractivity contribution in [2.45, 2.75) is 57.1 Å². The number of carboxylic acid groups (broad SMARTS) is 1. The van der Waals surface area contributed by atoms with Crippen molar-refractivity contribution in [3.8, 4) is 11.3 Å². The zero-order chi connectivity index (χ0) is 28.9. The van der Waals surface area contributed by atoms with Crippen LogP contribution < -0.4 is 10.0 Å². The lowest BCUT2D eigenvalue weighted by Crippen LogP contribution is -2.27. The van der Waals surface area contributed by atoms with Crippen LogP contribution in [-0.4, -0.2) is 57.7 Å². The maximum Gasteiger partial charge on any atom is 0.308 e. The van der Waals surface area contributed by atoms with Crippen LogP contribution in [0.5, 0.6) is 0 Å². The number of nitrogens with zero attached hydrogens (tertiary/aromatic N) is 1. The average Bonchev–Trinajstić information content (AvgIpc) is 3.71. The Bertz CT molecular complexity index is 1460. The van der Waals surface area contributed by atoms with E-state index in [0.717, 1.165) is 36.0 Å². The van der Waals surface area contributed by atoms with Crippen molar-refractivity contribution in [3.63, 3.8) is 0 Å². The van der Waals surface area contributed by atoms with E-state index in [1.807, 2.05) is 30.3 Å². The topological polar surface area (TPSA) is 148 Å². The monoisotopic (exact) mass is 571 g/mol. The van der Waals surface area contributed by atoms with Crippen molar-refractivity contribution in [3.05, 3.63) is 52.7 Å². The number of sulfonamides is 1. The molecule has 1 aliphatic carbocycles. The number of amides is 1. The molecule has 0 spiro atoms. The lowest BCUT2D eigenvalue weighted by molar-refractivity contribution is -0.143. The molecule has 0 bridgehead atoms. The summed E-state index contributed by atoms with van der Waals surface area (Å²) in [5.41, 5.74) is 3.75. The summed E-state index contributed by atoms with van der Waals surface area (Å²) in [4.78, 5) is 28.9. The number of benzene rings is 1. The highest BCUT2D eigenvalue weighted by atomic mass is 32.2. The number of hydrogen-bond acceptors (Lipinski definition) is 7. The maximum absolute atomic E-state index is 13.0. The molecule has 4 rings (SSSR count). The number of furan rings is 1. The van der Waals surface area contributed by atoms with E-state index in [4.69, 9.17) is 9.15 Å². The number of fused-ring (bicyclic) bond motifs is 1. The Hall–Kier alpha value is -3.28. The Morgan fingerprint density at radius 3 is 2.52 bits per heavy atom. The smallest absolute Gasteiger partial charge is 0.308 e. The summed E-state index contributed by atoms with van der Waals surface area (Å²) in [6, 6.07) is 9.66. The predicted octanol–water partition coefficient (Wildman–Crippen LogP) is 4.23. The highest BCUT2D eigenvalue weighted by Gasteiger charge is 2.32. The quantitative estimate of drug-likeness (QED) is 0.230. The van der Waals surface area contributed by atoms with E-state index in [2.05, 4.69) is 21.9 Å². The molecule has 0 radical (unpaired) electrons. The number of unbranched alkanes of at least 4 members (excludes halogenated alkanes) is 1. The number of carbonyl (C=O) groups excluding carboxylic acids is 1. The number of nitrogens with one attached hydrogen (secondary N) is 2. The van der Waals surface area contributed by atoms with E-state index in [1.165, 1.54) is 7.11 Å². The molecular formula is C29H37N3O7S. The Morgan fingerprint density at radius 1 is 1.20 bits per heavy atom. The van der Waals surface area contributed by atoms with Gasteiger partial charge in [0.1, 0.15) is 11.5 Å². The summed E-state index contributed by atoms with van der Waals surface area (Å²) in [5.74, 6) is -1.55. The number of aryl methyl sites for hydroxylation is 1. The Kier molecular flexibility index (Phi) is 9.60. The first-order valence-electron chi connectivity index (χ1n) is 13.6. The van der Waals surface area contributed by atoms with Crippen LogP contribution in [0.2, 0.25) is 0 Å². The number of aromatic nitrogens is 1. The van der Waals surface area contributed by atoms with Gasteiger partial charge in [-0.15, -0.1) is 0 Å². The van der Waals surface area contributed by atoms with Gasteiger partial charge in [-0.25, -0.2) is 18.1 Å². The van der Waals surface area contributed by atoms with E-state index in [-0.39, 0.29) is 36.4 Å². The predicted molar refractivity (Wildman–Crippen MR) is 152 cm³/mol. The summed E-state index contributed by atoms with van der Waals surface area (Å²) >= 11 is 0. The van der Waals surface area contributed by atoms with Crippen molar-refractivity contribution < 1.29 is 32.3 Å². The van der Waals surface area contributed by atoms with E-state index in [0.29, 0.717) is 41.7 Å². The fraction of sp³-hybridized carbons (Fsp3) is 0.483. The third-order valence-electron chi connectivity index (χ3n) is 7.24. The molecule has 1 atom stereocenters. The molecule has 11 heteroatoms. The lowest BCUT2D eigenvalue weighted by Gasteiger charge is -2.12. The standard InChI is InChI=1S/C29H37N3O7S/c1-4-18-8-10-20(11-9-18)26-25(27(33)30-2)23-15-22(19-12-13-19)24(32-28(23)39-26)17-40(36,37)31-14-6-5-7-21(16-38-3)29(34)35/h8-11,15,19,21,31H,4-7,12-14,16-17H2,1-3H3,(H,30,33)(H,34,35)/t21-/m0/s1. The van der Waals surface area contributed by atoms with Crippen LogP contribution in [0, 0.1) is 5.92 Å². The number of carbonyl (C=O) groups is 2. The summed E-state index contributed by atoms with van der Waals surface area (Å²) in [7, 11) is -0.699. The molecule has 1 amide bonds. The molecule has 1 aliphatic rings. The molecule has 0 aliphatic heterocycles. The summed E-state index contributed by atoms with van der Waals surface area (Å²) in [5, 5.41) is 12.5. The van der Waals surface area contributed by atoms with Gasteiger partial charge in [-0.3, -0.25) is 9.59 Å². The molecular weight excluding hydrogens is 534 g/mol. The van der Waals surface area contributed by atoms with Crippen LogP contribution in [0.15, 0.2) is 34.7 Å². The number of ether oxygens (including phenoxy) is 1. The molecule has 1 fully saturated rings. The van der Waals surface area contributed by atoms with Gasteiger partial charge in [0.05, 0.1) is 29.2 Å². The molecule has 2 aromatic heterocycles. The summed E-state index contributed by atoms with van der Waals surface area (Å²) in [6.07, 6.45) is 4.21. The average molecular weight is 572 g/mol. The minimum atomic E-state index is -3.72. The van der Waals surface area contributed by atoms with Gasteiger partial charge in [0.2, 0.25) is 15.7 Å². The summed E-state index contributed by atoms with van der Waals surface area (Å²) < 4.78 is 39.7. The highest BCUT2D eigenvalue weighted by molar-refractivity contribution is 7.88. The first kappa shape index (κ1) is 29.7. The van der Waals surface area contributed by atoms with Gasteiger partial charge in [-0.1, -0.05) is 37.6 Å². The third kappa shape index (κ3) is 7.07. The van der Waals surface area contributed by atoms with Gasteiger partial charge < -0.3 is 19.6 Å². The summed E-state index contributed by atoms with van der Waals surface area (Å²) in [6.45, 7) is 2.39. The van der Waals surface area contributed by atoms with Crippen molar-refractivity contribution in [2.75, 3.05) is 27.3 Å². The van der Waals surface area contributed by atoms with Gasteiger partial charge in [-0.05, 0) is 55.2 Å². The number of hydrogen-bond donors (Lipinski definition) is 3. The van der Waals surface area contributed by atoms with Crippen molar-refractivity contribution in [1.82, 2.24) is 15.0 Å². The van der Waals surface area contributed by atoms with Crippen LogP contribution in [-0.2, 0) is 31.7 Å². The largest absolute Gasteiger partial charge is 0.481 e. The van der Waals surface area contributed by atoms with Crippen LogP contribution in [0.1, 0.15) is 72.1 Å². The minimum Gasteiger partial charge on any atom is -0.481 e. The molecule has 216 valence electrons. The Morgan fingerprint density at radius 2 is 1.93 bits per heavy atom. The Labute approximate surface area is 234 Å².